The van der Waals surface area contributed by atoms with Crippen molar-refractivity contribution in [2.24, 2.45) is 16.8 Å². The first-order chi connectivity index (χ1) is 12.4. The fraction of sp³-hybridized carbons (Fsp3) is 0.842. The zero-order valence-electron chi connectivity index (χ0n) is 17.1. The second kappa shape index (κ2) is 11.8. The molecule has 7 nitrogen and oxygen atoms in total. The van der Waals surface area contributed by atoms with Gasteiger partial charge in [0.05, 0.1) is 0 Å². The molecule has 26 heavy (non-hydrogen) atoms. The maximum atomic E-state index is 12.5. The van der Waals surface area contributed by atoms with Crippen LogP contribution in [-0.2, 0) is 9.59 Å². The number of likely N-dealkylation sites (tertiary alicyclic amines) is 1. The van der Waals surface area contributed by atoms with Crippen LogP contribution in [0.2, 0.25) is 0 Å². The van der Waals surface area contributed by atoms with E-state index in [2.05, 4.69) is 34.8 Å². The number of aliphatic imine (C=N–C) groups is 1. The third-order valence-corrected chi connectivity index (χ3v) is 4.95. The summed E-state index contributed by atoms with van der Waals surface area (Å²) in [4.78, 5) is 30.2. The van der Waals surface area contributed by atoms with Crippen LogP contribution >= 0.6 is 0 Å². The Kier molecular flexibility index (Phi) is 10.1. The van der Waals surface area contributed by atoms with Crippen molar-refractivity contribution in [3.05, 3.63) is 0 Å². The van der Waals surface area contributed by atoms with E-state index in [1.165, 1.54) is 0 Å². The van der Waals surface area contributed by atoms with Gasteiger partial charge in [-0.2, -0.15) is 0 Å². The van der Waals surface area contributed by atoms with Gasteiger partial charge in [0, 0.05) is 51.1 Å². The van der Waals surface area contributed by atoms with Gasteiger partial charge in [0.2, 0.25) is 11.8 Å². The van der Waals surface area contributed by atoms with Gasteiger partial charge in [0.1, 0.15) is 0 Å². The second-order valence-corrected chi connectivity index (χ2v) is 7.20. The maximum absolute atomic E-state index is 12.5. The molecule has 0 radical (unpaired) electrons. The summed E-state index contributed by atoms with van der Waals surface area (Å²) in [5.74, 6) is 1.27. The SMILES string of the molecule is CCC(CC)C(=O)N1CCC(NC(=NC)NCCNC(=O)C(C)C)CC1. The number of carbonyl (C=O) groups excluding carboxylic acids is 2. The minimum absolute atomic E-state index is 0.000321. The van der Waals surface area contributed by atoms with Gasteiger partial charge in [-0.1, -0.05) is 27.7 Å². The molecule has 0 aromatic carbocycles. The molecule has 0 saturated carbocycles. The lowest BCUT2D eigenvalue weighted by atomic mass is 9.98. The average Bonchev–Trinajstić information content (AvgIpc) is 2.65. The lowest BCUT2D eigenvalue weighted by molar-refractivity contribution is -0.136. The van der Waals surface area contributed by atoms with E-state index in [1.54, 1.807) is 7.05 Å². The number of hydrogen-bond acceptors (Lipinski definition) is 3. The van der Waals surface area contributed by atoms with Crippen molar-refractivity contribution in [3.63, 3.8) is 0 Å². The highest BCUT2D eigenvalue weighted by atomic mass is 16.2. The van der Waals surface area contributed by atoms with Crippen LogP contribution in [-0.4, -0.2) is 61.9 Å². The summed E-state index contributed by atoms with van der Waals surface area (Å²) in [6.45, 7) is 10.7. The van der Waals surface area contributed by atoms with Gasteiger partial charge in [-0.3, -0.25) is 14.6 Å². The molecule has 2 amide bonds. The molecule has 0 unspecified atom stereocenters. The Balaban J connectivity index is 2.31. The number of carbonyl (C=O) groups is 2. The highest BCUT2D eigenvalue weighted by Crippen LogP contribution is 2.17. The van der Waals surface area contributed by atoms with Crippen LogP contribution < -0.4 is 16.0 Å². The molecule has 0 bridgehead atoms. The van der Waals surface area contributed by atoms with Crippen molar-refractivity contribution in [2.75, 3.05) is 33.2 Å². The Labute approximate surface area is 158 Å². The Bertz CT molecular complexity index is 467. The molecule has 150 valence electrons. The van der Waals surface area contributed by atoms with E-state index in [4.69, 9.17) is 0 Å². The van der Waals surface area contributed by atoms with Crippen molar-refractivity contribution < 1.29 is 9.59 Å². The number of rotatable bonds is 8. The van der Waals surface area contributed by atoms with E-state index in [-0.39, 0.29) is 17.7 Å². The minimum atomic E-state index is 0.000321. The summed E-state index contributed by atoms with van der Waals surface area (Å²) in [7, 11) is 1.74. The van der Waals surface area contributed by atoms with E-state index in [0.717, 1.165) is 44.7 Å². The third kappa shape index (κ3) is 7.22. The van der Waals surface area contributed by atoms with E-state index in [9.17, 15) is 9.59 Å². The molecule has 0 aromatic rings. The van der Waals surface area contributed by atoms with Gasteiger partial charge in [-0.15, -0.1) is 0 Å². The summed E-state index contributed by atoms with van der Waals surface area (Å²) in [5.41, 5.74) is 0. The molecule has 0 spiro atoms. The summed E-state index contributed by atoms with van der Waals surface area (Å²) < 4.78 is 0. The second-order valence-electron chi connectivity index (χ2n) is 7.20. The van der Waals surface area contributed by atoms with Gasteiger partial charge in [0.25, 0.3) is 0 Å². The number of guanidine groups is 1. The zero-order valence-corrected chi connectivity index (χ0v) is 17.1. The number of nitrogens with one attached hydrogen (secondary N) is 3. The summed E-state index contributed by atoms with van der Waals surface area (Å²) in [6.07, 6.45) is 3.68. The van der Waals surface area contributed by atoms with E-state index >= 15 is 0 Å². The van der Waals surface area contributed by atoms with Gasteiger partial charge in [-0.05, 0) is 25.7 Å². The molecule has 3 N–H and O–H groups in total. The van der Waals surface area contributed by atoms with Gasteiger partial charge in [-0.25, -0.2) is 0 Å². The summed E-state index contributed by atoms with van der Waals surface area (Å²) in [6, 6.07) is 0.317. The number of hydrogen-bond donors (Lipinski definition) is 3. The Hall–Kier alpha value is -1.79. The fourth-order valence-corrected chi connectivity index (χ4v) is 3.10. The van der Waals surface area contributed by atoms with Crippen LogP contribution in [0.5, 0.6) is 0 Å². The summed E-state index contributed by atoms with van der Waals surface area (Å²) >= 11 is 0. The van der Waals surface area contributed by atoms with Crippen molar-refractivity contribution in [3.8, 4) is 0 Å². The number of nitrogens with zero attached hydrogens (tertiary/aromatic N) is 2. The van der Waals surface area contributed by atoms with Crippen molar-refractivity contribution in [1.82, 2.24) is 20.9 Å². The van der Waals surface area contributed by atoms with Crippen LogP contribution in [0, 0.1) is 11.8 Å². The average molecular weight is 368 g/mol. The molecule has 1 fully saturated rings. The maximum Gasteiger partial charge on any atom is 0.225 e. The van der Waals surface area contributed by atoms with Crippen molar-refractivity contribution in [2.45, 2.75) is 59.4 Å². The lowest BCUT2D eigenvalue weighted by Crippen LogP contribution is -2.51. The molecule has 7 heteroatoms. The molecular weight excluding hydrogens is 330 g/mol. The highest BCUT2D eigenvalue weighted by Gasteiger charge is 2.26. The fourth-order valence-electron chi connectivity index (χ4n) is 3.10. The molecule has 1 saturated heterocycles. The number of amides is 2. The van der Waals surface area contributed by atoms with E-state index in [0.29, 0.717) is 25.0 Å². The smallest absolute Gasteiger partial charge is 0.225 e. The Morgan fingerprint density at radius 2 is 1.65 bits per heavy atom. The van der Waals surface area contributed by atoms with Crippen LogP contribution in [0.25, 0.3) is 0 Å². The standard InChI is InChI=1S/C19H37N5O2/c1-6-15(7-2)18(26)24-12-8-16(9-13-24)23-19(20-5)22-11-10-21-17(25)14(3)4/h14-16H,6-13H2,1-5H3,(H,21,25)(H2,20,22,23). The third-order valence-electron chi connectivity index (χ3n) is 4.95. The molecular formula is C19H37N5O2. The zero-order chi connectivity index (χ0) is 19.5. The topological polar surface area (TPSA) is 85.8 Å². The molecule has 0 atom stereocenters. The van der Waals surface area contributed by atoms with Crippen LogP contribution in [0.15, 0.2) is 4.99 Å². The van der Waals surface area contributed by atoms with E-state index < -0.39 is 0 Å². The molecule has 1 aliphatic rings. The van der Waals surface area contributed by atoms with Gasteiger partial charge < -0.3 is 20.9 Å². The Morgan fingerprint density at radius 3 is 2.15 bits per heavy atom. The highest BCUT2D eigenvalue weighted by molar-refractivity contribution is 5.81. The predicted octanol–water partition coefficient (Wildman–Crippen LogP) is 1.35. The first-order valence-corrected chi connectivity index (χ1v) is 9.96. The minimum Gasteiger partial charge on any atom is -0.355 e. The lowest BCUT2D eigenvalue weighted by Gasteiger charge is -2.34. The molecule has 0 aromatic heterocycles. The van der Waals surface area contributed by atoms with Gasteiger partial charge in [0.15, 0.2) is 5.96 Å². The molecule has 1 rings (SSSR count). The summed E-state index contributed by atoms with van der Waals surface area (Å²) in [5, 5.41) is 9.52. The van der Waals surface area contributed by atoms with Crippen molar-refractivity contribution in [1.29, 1.82) is 0 Å². The van der Waals surface area contributed by atoms with Crippen LogP contribution in [0.4, 0.5) is 0 Å². The normalized spacial score (nSPS) is 16.1. The first-order valence-electron chi connectivity index (χ1n) is 9.96. The van der Waals surface area contributed by atoms with Crippen LogP contribution in [0.3, 0.4) is 0 Å². The predicted molar refractivity (Wildman–Crippen MR) is 106 cm³/mol. The molecule has 1 heterocycles. The largest absolute Gasteiger partial charge is 0.355 e. The van der Waals surface area contributed by atoms with Gasteiger partial charge >= 0.3 is 0 Å². The molecule has 1 aliphatic heterocycles. The van der Waals surface area contributed by atoms with Crippen LogP contribution in [0.1, 0.15) is 53.4 Å². The van der Waals surface area contributed by atoms with Crippen molar-refractivity contribution >= 4 is 17.8 Å². The number of piperidine rings is 1. The molecule has 0 aliphatic carbocycles. The monoisotopic (exact) mass is 367 g/mol. The first kappa shape index (κ1) is 22.3. The van der Waals surface area contributed by atoms with E-state index in [1.807, 2.05) is 18.7 Å². The quantitative estimate of drug-likeness (QED) is 0.343. The Morgan fingerprint density at radius 1 is 1.08 bits per heavy atom.